The van der Waals surface area contributed by atoms with Gasteiger partial charge in [0.1, 0.15) is 5.84 Å². The van der Waals surface area contributed by atoms with Gasteiger partial charge in [0.25, 0.3) is 0 Å². The summed E-state index contributed by atoms with van der Waals surface area (Å²) < 4.78 is 5.78. The Bertz CT molecular complexity index is 442. The summed E-state index contributed by atoms with van der Waals surface area (Å²) in [5.41, 5.74) is 6.67. The van der Waals surface area contributed by atoms with E-state index in [1.807, 2.05) is 30.3 Å². The summed E-state index contributed by atoms with van der Waals surface area (Å²) in [5, 5.41) is 15.3. The van der Waals surface area contributed by atoms with Gasteiger partial charge in [-0.3, -0.25) is 0 Å². The molecule has 0 aliphatic carbocycles. The van der Waals surface area contributed by atoms with Gasteiger partial charge in [-0.15, -0.1) is 0 Å². The number of hydrogen-bond donors (Lipinski definition) is 3. The fraction of sp³-hybridized carbons (Fsp3) is 0.533. The Morgan fingerprint density at radius 1 is 1.50 bits per heavy atom. The first kappa shape index (κ1) is 14.8. The first-order chi connectivity index (χ1) is 9.63. The average molecular weight is 277 g/mol. The summed E-state index contributed by atoms with van der Waals surface area (Å²) in [5.74, 6) is 0.226. The predicted molar refractivity (Wildman–Crippen MR) is 78.8 cm³/mol. The lowest BCUT2D eigenvalue weighted by Gasteiger charge is -2.27. The normalized spacial score (nSPS) is 24.8. The van der Waals surface area contributed by atoms with Crippen LogP contribution in [0.3, 0.4) is 0 Å². The van der Waals surface area contributed by atoms with Gasteiger partial charge >= 0.3 is 0 Å². The molecule has 0 saturated carbocycles. The average Bonchev–Trinajstić information content (AvgIpc) is 2.91. The zero-order valence-corrected chi connectivity index (χ0v) is 11.9. The lowest BCUT2D eigenvalue weighted by Crippen LogP contribution is -2.40. The highest BCUT2D eigenvalue weighted by atomic mass is 16.5. The summed E-state index contributed by atoms with van der Waals surface area (Å²) in [4.78, 5) is 0. The van der Waals surface area contributed by atoms with Gasteiger partial charge in [-0.25, -0.2) is 0 Å². The van der Waals surface area contributed by atoms with Gasteiger partial charge in [0, 0.05) is 25.6 Å². The third-order valence-corrected chi connectivity index (χ3v) is 3.77. The molecule has 1 saturated heterocycles. The standard InChI is InChI=1S/C15H23N3O2/c1-15(8-5-9-20-15)11-17-13(10-14(16)18-19)12-6-3-2-4-7-12/h2-4,6-7,13,17,19H,5,8-11H2,1H3,(H2,16,18). The maximum atomic E-state index is 8.77. The van der Waals surface area contributed by atoms with Gasteiger partial charge in [0.2, 0.25) is 0 Å². The van der Waals surface area contributed by atoms with Crippen LogP contribution in [-0.4, -0.2) is 29.8 Å². The number of hydrogen-bond acceptors (Lipinski definition) is 4. The molecular weight excluding hydrogens is 254 g/mol. The molecule has 2 unspecified atom stereocenters. The molecule has 2 rings (SSSR count). The number of ether oxygens (including phenoxy) is 1. The van der Waals surface area contributed by atoms with Crippen molar-refractivity contribution in [3.63, 3.8) is 0 Å². The largest absolute Gasteiger partial charge is 0.409 e. The van der Waals surface area contributed by atoms with Gasteiger partial charge in [-0.1, -0.05) is 35.5 Å². The Labute approximate surface area is 119 Å². The monoisotopic (exact) mass is 277 g/mol. The molecule has 1 aliphatic heterocycles. The maximum absolute atomic E-state index is 8.77. The predicted octanol–water partition coefficient (Wildman–Crippen LogP) is 2.02. The highest BCUT2D eigenvalue weighted by molar-refractivity contribution is 5.80. The summed E-state index contributed by atoms with van der Waals surface area (Å²) in [6, 6.07) is 10.1. The van der Waals surface area contributed by atoms with Gasteiger partial charge in [0.05, 0.1) is 5.60 Å². The van der Waals surface area contributed by atoms with Crippen LogP contribution >= 0.6 is 0 Å². The quantitative estimate of drug-likeness (QED) is 0.322. The molecular formula is C15H23N3O2. The first-order valence-corrected chi connectivity index (χ1v) is 7.02. The van der Waals surface area contributed by atoms with Crippen molar-refractivity contribution in [2.24, 2.45) is 10.9 Å². The molecule has 0 bridgehead atoms. The SMILES string of the molecule is CC1(CNC(C/C(N)=N/O)c2ccccc2)CCCO1. The second kappa shape index (κ2) is 6.72. The number of amidine groups is 1. The van der Waals surface area contributed by atoms with Crippen LogP contribution in [0, 0.1) is 0 Å². The minimum Gasteiger partial charge on any atom is -0.409 e. The van der Waals surface area contributed by atoms with Crippen LogP contribution in [0.2, 0.25) is 0 Å². The molecule has 5 heteroatoms. The molecule has 5 nitrogen and oxygen atoms in total. The Balaban J connectivity index is 2.03. The molecule has 1 aliphatic rings. The van der Waals surface area contributed by atoms with E-state index >= 15 is 0 Å². The molecule has 1 aromatic rings. The highest BCUT2D eigenvalue weighted by Gasteiger charge is 2.30. The fourth-order valence-corrected chi connectivity index (χ4v) is 2.56. The van der Waals surface area contributed by atoms with Crippen LogP contribution in [0.5, 0.6) is 0 Å². The molecule has 1 aromatic carbocycles. The van der Waals surface area contributed by atoms with E-state index in [-0.39, 0.29) is 17.5 Å². The van der Waals surface area contributed by atoms with E-state index in [2.05, 4.69) is 17.4 Å². The fourth-order valence-electron chi connectivity index (χ4n) is 2.56. The van der Waals surface area contributed by atoms with Crippen molar-refractivity contribution in [2.45, 2.75) is 37.8 Å². The molecule has 0 radical (unpaired) electrons. The number of rotatable bonds is 6. The topological polar surface area (TPSA) is 79.9 Å². The number of benzene rings is 1. The van der Waals surface area contributed by atoms with E-state index in [9.17, 15) is 0 Å². The van der Waals surface area contributed by atoms with Crippen molar-refractivity contribution in [3.05, 3.63) is 35.9 Å². The Morgan fingerprint density at radius 3 is 2.85 bits per heavy atom. The van der Waals surface area contributed by atoms with Gasteiger partial charge in [-0.2, -0.15) is 0 Å². The van der Waals surface area contributed by atoms with Crippen LogP contribution in [0.15, 0.2) is 35.5 Å². The number of nitrogens with zero attached hydrogens (tertiary/aromatic N) is 1. The maximum Gasteiger partial charge on any atom is 0.141 e. The molecule has 20 heavy (non-hydrogen) atoms. The molecule has 1 heterocycles. The Hall–Kier alpha value is -1.59. The van der Waals surface area contributed by atoms with E-state index in [0.717, 1.165) is 31.6 Å². The van der Waals surface area contributed by atoms with E-state index in [1.54, 1.807) is 0 Å². The van der Waals surface area contributed by atoms with Gasteiger partial charge < -0.3 is 21.0 Å². The Kier molecular flexibility index (Phi) is 4.98. The molecule has 4 N–H and O–H groups in total. The summed E-state index contributed by atoms with van der Waals surface area (Å²) in [7, 11) is 0. The minimum absolute atomic E-state index is 0.0214. The van der Waals surface area contributed by atoms with Gasteiger partial charge in [-0.05, 0) is 25.3 Å². The Morgan fingerprint density at radius 2 is 2.25 bits per heavy atom. The van der Waals surface area contributed by atoms with Gasteiger partial charge in [0.15, 0.2) is 0 Å². The molecule has 0 spiro atoms. The molecule has 0 amide bonds. The van der Waals surface area contributed by atoms with Crippen molar-refractivity contribution in [1.29, 1.82) is 0 Å². The smallest absolute Gasteiger partial charge is 0.141 e. The summed E-state index contributed by atoms with van der Waals surface area (Å²) >= 11 is 0. The highest BCUT2D eigenvalue weighted by Crippen LogP contribution is 2.26. The van der Waals surface area contributed by atoms with E-state index < -0.39 is 0 Å². The van der Waals surface area contributed by atoms with Crippen LogP contribution in [-0.2, 0) is 4.74 Å². The van der Waals surface area contributed by atoms with Crippen LogP contribution < -0.4 is 11.1 Å². The summed E-state index contributed by atoms with van der Waals surface area (Å²) in [6.45, 7) is 3.71. The zero-order valence-electron chi connectivity index (χ0n) is 11.9. The van der Waals surface area contributed by atoms with Crippen molar-refractivity contribution >= 4 is 5.84 Å². The zero-order chi connectivity index (χ0) is 14.4. The molecule has 1 fully saturated rings. The van der Waals surface area contributed by atoms with Crippen LogP contribution in [0.4, 0.5) is 0 Å². The second-order valence-electron chi connectivity index (χ2n) is 5.54. The van der Waals surface area contributed by atoms with Crippen molar-refractivity contribution in [1.82, 2.24) is 5.32 Å². The number of nitrogens with two attached hydrogens (primary N) is 1. The van der Waals surface area contributed by atoms with E-state index in [1.165, 1.54) is 0 Å². The van der Waals surface area contributed by atoms with Crippen molar-refractivity contribution in [2.75, 3.05) is 13.2 Å². The molecule has 0 aromatic heterocycles. The van der Waals surface area contributed by atoms with Crippen LogP contribution in [0.1, 0.15) is 37.8 Å². The number of nitrogens with one attached hydrogen (secondary N) is 1. The third-order valence-electron chi connectivity index (χ3n) is 3.77. The minimum atomic E-state index is -0.113. The van der Waals surface area contributed by atoms with E-state index in [0.29, 0.717) is 6.42 Å². The third kappa shape index (κ3) is 3.95. The molecule has 110 valence electrons. The van der Waals surface area contributed by atoms with E-state index in [4.69, 9.17) is 15.7 Å². The lowest BCUT2D eigenvalue weighted by molar-refractivity contribution is 0.0188. The second-order valence-corrected chi connectivity index (χ2v) is 5.54. The summed E-state index contributed by atoms with van der Waals surface area (Å²) in [6.07, 6.45) is 2.64. The lowest BCUT2D eigenvalue weighted by atomic mass is 9.99. The molecule has 2 atom stereocenters. The van der Waals surface area contributed by atoms with Crippen molar-refractivity contribution < 1.29 is 9.94 Å². The first-order valence-electron chi connectivity index (χ1n) is 7.02. The number of oxime groups is 1. The van der Waals surface area contributed by atoms with Crippen LogP contribution in [0.25, 0.3) is 0 Å². The van der Waals surface area contributed by atoms with Crippen molar-refractivity contribution in [3.8, 4) is 0 Å².